The minimum atomic E-state index is -4.80. The summed E-state index contributed by atoms with van der Waals surface area (Å²) < 4.78 is 62.4. The zero-order chi connectivity index (χ0) is 19.6. The predicted molar refractivity (Wildman–Crippen MR) is 82.4 cm³/mol. The van der Waals surface area contributed by atoms with Crippen LogP contribution in [0.3, 0.4) is 0 Å². The van der Waals surface area contributed by atoms with Gasteiger partial charge in [0.15, 0.2) is 6.61 Å². The molecule has 1 aromatic carbocycles. The highest BCUT2D eigenvalue weighted by atomic mass is 35.5. The molecule has 0 atom stereocenters. The number of rotatable bonds is 4. The van der Waals surface area contributed by atoms with Crippen molar-refractivity contribution in [3.05, 3.63) is 45.2 Å². The molecule has 2 aromatic rings. The fourth-order valence-electron chi connectivity index (χ4n) is 2.00. The largest absolute Gasteiger partial charge is 0.480 e. The Morgan fingerprint density at radius 3 is 2.58 bits per heavy atom. The van der Waals surface area contributed by atoms with Gasteiger partial charge in [0.25, 0.3) is 5.56 Å². The molecule has 0 amide bonds. The molecule has 140 valence electrons. The van der Waals surface area contributed by atoms with Crippen LogP contribution in [0.2, 0.25) is 5.02 Å². The number of halogens is 5. The van der Waals surface area contributed by atoms with E-state index in [4.69, 9.17) is 16.3 Å². The Morgan fingerprint density at radius 2 is 2.00 bits per heavy atom. The van der Waals surface area contributed by atoms with Crippen LogP contribution in [-0.4, -0.2) is 29.2 Å². The van der Waals surface area contributed by atoms with Crippen LogP contribution >= 0.6 is 11.6 Å². The van der Waals surface area contributed by atoms with Crippen molar-refractivity contribution in [2.45, 2.75) is 6.18 Å². The van der Waals surface area contributed by atoms with Gasteiger partial charge in [-0.3, -0.25) is 4.79 Å². The van der Waals surface area contributed by atoms with Crippen LogP contribution in [0.4, 0.5) is 17.6 Å². The average molecular weight is 395 g/mol. The molecule has 0 saturated carbocycles. The topological polar surface area (TPSA) is 70.4 Å². The maximum atomic E-state index is 14.2. The van der Waals surface area contributed by atoms with Gasteiger partial charge < -0.3 is 14.0 Å². The van der Waals surface area contributed by atoms with Gasteiger partial charge in [0.2, 0.25) is 0 Å². The van der Waals surface area contributed by atoms with Gasteiger partial charge >= 0.3 is 12.1 Å². The number of ether oxygens (including phenoxy) is 2. The van der Waals surface area contributed by atoms with E-state index in [9.17, 15) is 27.2 Å². The molecule has 0 radical (unpaired) electrons. The summed E-state index contributed by atoms with van der Waals surface area (Å²) in [7, 11) is 2.01. The Morgan fingerprint density at radius 1 is 1.35 bits per heavy atom. The van der Waals surface area contributed by atoms with E-state index in [0.717, 1.165) is 26.3 Å². The summed E-state index contributed by atoms with van der Waals surface area (Å²) in [5.74, 6) is -1.91. The van der Waals surface area contributed by atoms with Gasteiger partial charge in [0.1, 0.15) is 23.0 Å². The van der Waals surface area contributed by atoms with E-state index in [1.54, 1.807) is 0 Å². The summed E-state index contributed by atoms with van der Waals surface area (Å²) in [4.78, 5) is 26.7. The molecule has 0 aliphatic rings. The quantitative estimate of drug-likeness (QED) is 0.589. The molecule has 26 heavy (non-hydrogen) atoms. The van der Waals surface area contributed by atoms with Crippen molar-refractivity contribution in [2.75, 3.05) is 13.7 Å². The van der Waals surface area contributed by atoms with Gasteiger partial charge in [-0.1, -0.05) is 11.6 Å². The Hall–Kier alpha value is -2.62. The minimum absolute atomic E-state index is 0.169. The number of hydrogen-bond acceptors (Lipinski definition) is 5. The van der Waals surface area contributed by atoms with Gasteiger partial charge in [0, 0.05) is 12.6 Å². The predicted octanol–water partition coefficient (Wildman–Crippen LogP) is 2.81. The molecule has 1 heterocycles. The normalized spacial score (nSPS) is 11.3. The minimum Gasteiger partial charge on any atom is -0.480 e. The van der Waals surface area contributed by atoms with Crippen molar-refractivity contribution in [1.82, 2.24) is 9.55 Å². The summed E-state index contributed by atoms with van der Waals surface area (Å²) in [6, 6.07) is 1.76. The molecule has 1 aromatic heterocycles. The van der Waals surface area contributed by atoms with Gasteiger partial charge in [-0.25, -0.2) is 14.2 Å². The van der Waals surface area contributed by atoms with Gasteiger partial charge in [-0.05, 0) is 12.1 Å². The second kappa shape index (κ2) is 7.32. The first-order valence-electron chi connectivity index (χ1n) is 6.88. The third-order valence-corrected chi connectivity index (χ3v) is 3.62. The molecule has 0 unspecified atom stereocenters. The van der Waals surface area contributed by atoms with E-state index in [0.29, 0.717) is 10.8 Å². The van der Waals surface area contributed by atoms with E-state index in [-0.39, 0.29) is 10.8 Å². The monoisotopic (exact) mass is 394 g/mol. The highest BCUT2D eigenvalue weighted by Crippen LogP contribution is 2.33. The Kier molecular flexibility index (Phi) is 5.55. The molecule has 0 saturated heterocycles. The highest BCUT2D eigenvalue weighted by molar-refractivity contribution is 6.32. The van der Waals surface area contributed by atoms with E-state index in [2.05, 4.69) is 9.72 Å². The number of esters is 1. The van der Waals surface area contributed by atoms with Crippen molar-refractivity contribution in [1.29, 1.82) is 0 Å². The molecule has 11 heteroatoms. The van der Waals surface area contributed by atoms with Crippen LogP contribution in [0.1, 0.15) is 5.69 Å². The third kappa shape index (κ3) is 3.96. The number of benzene rings is 1. The lowest BCUT2D eigenvalue weighted by Gasteiger charge is -2.13. The number of alkyl halides is 3. The van der Waals surface area contributed by atoms with Crippen molar-refractivity contribution < 1.29 is 31.8 Å². The molecular formula is C15H11ClF4N2O4. The van der Waals surface area contributed by atoms with Crippen molar-refractivity contribution in [2.24, 2.45) is 7.05 Å². The summed E-state index contributed by atoms with van der Waals surface area (Å²) >= 11 is 5.80. The number of aromatic nitrogens is 2. The maximum absolute atomic E-state index is 14.2. The highest BCUT2D eigenvalue weighted by Gasteiger charge is 2.35. The average Bonchev–Trinajstić information content (AvgIpc) is 2.55. The van der Waals surface area contributed by atoms with Gasteiger partial charge in [0.05, 0.1) is 18.3 Å². The molecule has 0 spiro atoms. The maximum Gasteiger partial charge on any atom is 0.433 e. The molecule has 0 bridgehead atoms. The fourth-order valence-corrected chi connectivity index (χ4v) is 2.21. The summed E-state index contributed by atoms with van der Waals surface area (Å²) in [5.41, 5.74) is -3.45. The Balaban J connectivity index is 2.53. The molecule has 0 N–H and O–H groups in total. The second-order valence-electron chi connectivity index (χ2n) is 4.98. The Bertz CT molecular complexity index is 912. The summed E-state index contributed by atoms with van der Waals surface area (Å²) in [6.07, 6.45) is -4.38. The van der Waals surface area contributed by atoms with Crippen molar-refractivity contribution in [3.8, 4) is 17.0 Å². The number of carbonyl (C=O) groups is 1. The van der Waals surface area contributed by atoms with Crippen LogP contribution < -0.4 is 10.3 Å². The van der Waals surface area contributed by atoms with Crippen LogP contribution in [0.5, 0.6) is 5.75 Å². The molecule has 0 aliphatic heterocycles. The molecule has 2 rings (SSSR count). The number of carbonyl (C=O) groups excluding carboxylic acids is 1. The lowest BCUT2D eigenvalue weighted by molar-refractivity contribution is -0.144. The summed E-state index contributed by atoms with van der Waals surface area (Å²) in [6.45, 7) is -0.542. The molecule has 0 fully saturated rings. The van der Waals surface area contributed by atoms with Crippen LogP contribution in [0, 0.1) is 5.82 Å². The van der Waals surface area contributed by atoms with E-state index < -0.39 is 47.1 Å². The standard InChI is InChI=1S/C15H11ClF4N2O4/c1-22-11(15(18,19)20)5-21-13(14(22)24)7-3-10(8(16)4-9(7)17)26-6-12(23)25-2/h3-5H,6H2,1-2H3. The third-order valence-electron chi connectivity index (χ3n) is 3.32. The molecular weight excluding hydrogens is 384 g/mol. The van der Waals surface area contributed by atoms with Crippen molar-refractivity contribution >= 4 is 17.6 Å². The molecule has 0 aliphatic carbocycles. The lowest BCUT2D eigenvalue weighted by atomic mass is 10.1. The van der Waals surface area contributed by atoms with Gasteiger partial charge in [-0.2, -0.15) is 13.2 Å². The van der Waals surface area contributed by atoms with Crippen LogP contribution in [0.25, 0.3) is 11.3 Å². The smallest absolute Gasteiger partial charge is 0.433 e. The lowest BCUT2D eigenvalue weighted by Crippen LogP contribution is -2.28. The van der Waals surface area contributed by atoms with Crippen LogP contribution in [0.15, 0.2) is 23.1 Å². The number of hydrogen-bond donors (Lipinski definition) is 0. The fraction of sp³-hybridized carbons (Fsp3) is 0.267. The van der Waals surface area contributed by atoms with Gasteiger partial charge in [-0.15, -0.1) is 0 Å². The summed E-state index contributed by atoms with van der Waals surface area (Å²) in [5, 5.41) is -0.209. The zero-order valence-electron chi connectivity index (χ0n) is 13.4. The Labute approximate surface area is 148 Å². The first-order valence-corrected chi connectivity index (χ1v) is 7.26. The first kappa shape index (κ1) is 19.7. The number of methoxy groups -OCH3 is 1. The van der Waals surface area contributed by atoms with E-state index in [1.807, 2.05) is 0 Å². The first-order chi connectivity index (χ1) is 12.1. The van der Waals surface area contributed by atoms with E-state index >= 15 is 0 Å². The SMILES string of the molecule is COC(=O)COc1cc(-c2ncc(C(F)(F)F)n(C)c2=O)c(F)cc1Cl. The van der Waals surface area contributed by atoms with Crippen LogP contribution in [-0.2, 0) is 22.8 Å². The number of nitrogens with zero attached hydrogens (tertiary/aromatic N) is 2. The second-order valence-corrected chi connectivity index (χ2v) is 5.39. The van der Waals surface area contributed by atoms with E-state index in [1.165, 1.54) is 0 Å². The molecule has 6 nitrogen and oxygen atoms in total. The zero-order valence-corrected chi connectivity index (χ0v) is 14.1. The van der Waals surface area contributed by atoms with Crippen molar-refractivity contribution in [3.63, 3.8) is 0 Å².